The third-order valence-electron chi connectivity index (χ3n) is 3.57. The topological polar surface area (TPSA) is 49.4 Å². The number of carbonyl (C=O) groups excluding carboxylic acids is 2. The van der Waals surface area contributed by atoms with Crippen LogP contribution in [0.3, 0.4) is 0 Å². The van der Waals surface area contributed by atoms with Crippen molar-refractivity contribution >= 4 is 11.8 Å². The van der Waals surface area contributed by atoms with Crippen LogP contribution >= 0.6 is 0 Å². The molecule has 0 heterocycles. The van der Waals surface area contributed by atoms with E-state index in [-0.39, 0.29) is 18.4 Å². The van der Waals surface area contributed by atoms with E-state index < -0.39 is 0 Å². The van der Waals surface area contributed by atoms with E-state index in [4.69, 9.17) is 0 Å². The second-order valence-electron chi connectivity index (χ2n) is 5.79. The van der Waals surface area contributed by atoms with Gasteiger partial charge in [-0.2, -0.15) is 0 Å². The second-order valence-corrected chi connectivity index (χ2v) is 5.79. The molecule has 2 aromatic rings. The maximum Gasteiger partial charge on any atom is 0.251 e. The van der Waals surface area contributed by atoms with Gasteiger partial charge in [-0.25, -0.2) is 0 Å². The Hall–Kier alpha value is -2.62. The van der Waals surface area contributed by atoms with E-state index in [0.717, 1.165) is 16.7 Å². The van der Waals surface area contributed by atoms with Crippen LogP contribution in [0.15, 0.2) is 48.5 Å². The number of carbonyl (C=O) groups is 2. The lowest BCUT2D eigenvalue weighted by Crippen LogP contribution is -2.37. The van der Waals surface area contributed by atoms with Gasteiger partial charge >= 0.3 is 0 Å². The SMILES string of the molecule is Cc1cc(C)cc(C(=O)NCC(=O)N(C)Cc2ccccc2)c1. The van der Waals surface area contributed by atoms with E-state index in [9.17, 15) is 9.59 Å². The van der Waals surface area contributed by atoms with Crippen LogP contribution in [0.1, 0.15) is 27.0 Å². The number of amides is 2. The summed E-state index contributed by atoms with van der Waals surface area (Å²) in [7, 11) is 1.73. The van der Waals surface area contributed by atoms with Gasteiger partial charge in [-0.15, -0.1) is 0 Å². The van der Waals surface area contributed by atoms with Gasteiger partial charge in [0.2, 0.25) is 5.91 Å². The fraction of sp³-hybridized carbons (Fsp3) is 0.263. The van der Waals surface area contributed by atoms with Crippen molar-refractivity contribution in [3.8, 4) is 0 Å². The number of benzene rings is 2. The molecule has 0 atom stereocenters. The van der Waals surface area contributed by atoms with Gasteiger partial charge in [-0.3, -0.25) is 9.59 Å². The summed E-state index contributed by atoms with van der Waals surface area (Å²) in [5, 5.41) is 2.69. The number of nitrogens with zero attached hydrogens (tertiary/aromatic N) is 1. The first-order valence-corrected chi connectivity index (χ1v) is 7.60. The molecule has 0 aliphatic heterocycles. The lowest BCUT2D eigenvalue weighted by atomic mass is 10.1. The maximum absolute atomic E-state index is 12.2. The van der Waals surface area contributed by atoms with Gasteiger partial charge in [-0.05, 0) is 31.5 Å². The second kappa shape index (κ2) is 7.58. The van der Waals surface area contributed by atoms with Crippen molar-refractivity contribution in [3.05, 3.63) is 70.8 Å². The van der Waals surface area contributed by atoms with E-state index >= 15 is 0 Å². The molecule has 1 N–H and O–H groups in total. The average molecular weight is 310 g/mol. The zero-order valence-electron chi connectivity index (χ0n) is 13.8. The summed E-state index contributed by atoms with van der Waals surface area (Å²) in [5.74, 6) is -0.343. The predicted octanol–water partition coefficient (Wildman–Crippen LogP) is 2.69. The Kier molecular flexibility index (Phi) is 5.52. The molecule has 2 rings (SSSR count). The van der Waals surface area contributed by atoms with Crippen LogP contribution < -0.4 is 5.32 Å². The van der Waals surface area contributed by atoms with Crippen molar-refractivity contribution in [2.24, 2.45) is 0 Å². The number of hydrogen-bond donors (Lipinski definition) is 1. The van der Waals surface area contributed by atoms with Crippen LogP contribution in [-0.2, 0) is 11.3 Å². The summed E-state index contributed by atoms with van der Waals surface area (Å²) >= 11 is 0. The predicted molar refractivity (Wildman–Crippen MR) is 91.2 cm³/mol. The third-order valence-corrected chi connectivity index (χ3v) is 3.57. The normalized spacial score (nSPS) is 10.2. The minimum absolute atomic E-state index is 0.00481. The first kappa shape index (κ1) is 16.7. The van der Waals surface area contributed by atoms with Gasteiger partial charge in [0.05, 0.1) is 6.54 Å². The van der Waals surface area contributed by atoms with E-state index in [2.05, 4.69) is 5.32 Å². The molecule has 4 nitrogen and oxygen atoms in total. The molecule has 2 amide bonds. The molecule has 0 unspecified atom stereocenters. The zero-order valence-corrected chi connectivity index (χ0v) is 13.8. The largest absolute Gasteiger partial charge is 0.343 e. The maximum atomic E-state index is 12.2. The summed E-state index contributed by atoms with van der Waals surface area (Å²) in [6, 6.07) is 15.4. The van der Waals surface area contributed by atoms with Crippen molar-refractivity contribution in [2.75, 3.05) is 13.6 Å². The first-order chi connectivity index (χ1) is 11.0. The molecular formula is C19H22N2O2. The third kappa shape index (κ3) is 4.95. The Morgan fingerprint density at radius 3 is 2.22 bits per heavy atom. The number of hydrogen-bond acceptors (Lipinski definition) is 2. The summed E-state index contributed by atoms with van der Waals surface area (Å²) in [5.41, 5.74) is 3.70. The molecule has 0 spiro atoms. The quantitative estimate of drug-likeness (QED) is 0.923. The minimum Gasteiger partial charge on any atom is -0.343 e. The van der Waals surface area contributed by atoms with Gasteiger partial charge in [0.25, 0.3) is 5.91 Å². The Bertz CT molecular complexity index is 676. The summed E-state index contributed by atoms with van der Waals surface area (Å²) in [6.45, 7) is 4.42. The molecule has 0 saturated carbocycles. The molecule has 0 fully saturated rings. The van der Waals surface area contributed by atoms with Gasteiger partial charge in [-0.1, -0.05) is 47.5 Å². The first-order valence-electron chi connectivity index (χ1n) is 7.60. The molecule has 120 valence electrons. The molecule has 0 saturated heterocycles. The molecule has 4 heteroatoms. The van der Waals surface area contributed by atoms with Gasteiger partial charge < -0.3 is 10.2 Å². The van der Waals surface area contributed by atoms with Crippen LogP contribution in [0.2, 0.25) is 0 Å². The van der Waals surface area contributed by atoms with Crippen molar-refractivity contribution in [1.82, 2.24) is 10.2 Å². The highest BCUT2D eigenvalue weighted by Crippen LogP contribution is 2.08. The Balaban J connectivity index is 1.89. The van der Waals surface area contributed by atoms with Crippen LogP contribution in [0.4, 0.5) is 0 Å². The Labute approximate surface area is 137 Å². The fourth-order valence-corrected chi connectivity index (χ4v) is 2.44. The fourth-order valence-electron chi connectivity index (χ4n) is 2.44. The van der Waals surface area contributed by atoms with E-state index in [1.807, 2.05) is 62.4 Å². The number of nitrogens with one attached hydrogen (secondary N) is 1. The average Bonchev–Trinajstić information content (AvgIpc) is 2.52. The Morgan fingerprint density at radius 2 is 1.61 bits per heavy atom. The van der Waals surface area contributed by atoms with Crippen LogP contribution in [0, 0.1) is 13.8 Å². The standard InChI is InChI=1S/C19H22N2O2/c1-14-9-15(2)11-17(10-14)19(23)20-12-18(22)21(3)13-16-7-5-4-6-8-16/h4-11H,12-13H2,1-3H3,(H,20,23). The van der Waals surface area contributed by atoms with Crippen molar-refractivity contribution in [2.45, 2.75) is 20.4 Å². The van der Waals surface area contributed by atoms with Crippen LogP contribution in [-0.4, -0.2) is 30.3 Å². The number of aryl methyl sites for hydroxylation is 2. The number of likely N-dealkylation sites (N-methyl/N-ethyl adjacent to an activating group) is 1. The van der Waals surface area contributed by atoms with E-state index in [1.54, 1.807) is 11.9 Å². The summed E-state index contributed by atoms with van der Waals surface area (Å²) < 4.78 is 0. The molecule has 2 aromatic carbocycles. The van der Waals surface area contributed by atoms with Crippen LogP contribution in [0.5, 0.6) is 0 Å². The summed E-state index contributed by atoms with van der Waals surface area (Å²) in [4.78, 5) is 25.9. The lowest BCUT2D eigenvalue weighted by molar-refractivity contribution is -0.129. The highest BCUT2D eigenvalue weighted by Gasteiger charge is 2.12. The van der Waals surface area contributed by atoms with E-state index in [1.165, 1.54) is 0 Å². The van der Waals surface area contributed by atoms with Gasteiger partial charge in [0.1, 0.15) is 0 Å². The van der Waals surface area contributed by atoms with Crippen molar-refractivity contribution in [1.29, 1.82) is 0 Å². The number of rotatable bonds is 5. The molecule has 0 aromatic heterocycles. The Morgan fingerprint density at radius 1 is 1.00 bits per heavy atom. The minimum atomic E-state index is -0.224. The molecule has 0 aliphatic rings. The van der Waals surface area contributed by atoms with Crippen LogP contribution in [0.25, 0.3) is 0 Å². The summed E-state index contributed by atoms with van der Waals surface area (Å²) in [6.07, 6.45) is 0. The molecule has 23 heavy (non-hydrogen) atoms. The molecular weight excluding hydrogens is 288 g/mol. The highest BCUT2D eigenvalue weighted by atomic mass is 16.2. The van der Waals surface area contributed by atoms with Crippen molar-refractivity contribution in [3.63, 3.8) is 0 Å². The highest BCUT2D eigenvalue weighted by molar-refractivity contribution is 5.96. The molecule has 0 radical (unpaired) electrons. The van der Waals surface area contributed by atoms with Gasteiger partial charge in [0.15, 0.2) is 0 Å². The van der Waals surface area contributed by atoms with Crippen molar-refractivity contribution < 1.29 is 9.59 Å². The smallest absolute Gasteiger partial charge is 0.251 e. The monoisotopic (exact) mass is 310 g/mol. The molecule has 0 aliphatic carbocycles. The van der Waals surface area contributed by atoms with E-state index in [0.29, 0.717) is 12.1 Å². The lowest BCUT2D eigenvalue weighted by Gasteiger charge is -2.17. The molecule has 0 bridgehead atoms. The zero-order chi connectivity index (χ0) is 16.8. The van der Waals surface area contributed by atoms with Gasteiger partial charge in [0, 0.05) is 19.2 Å².